The molecule has 10 nitrogen and oxygen atoms in total. The third-order valence-corrected chi connectivity index (χ3v) is 9.47. The Morgan fingerprint density at radius 3 is 2.58 bits per heavy atom. The predicted octanol–water partition coefficient (Wildman–Crippen LogP) is 3.70. The maximum Gasteiger partial charge on any atom is 0.313 e. The molecule has 0 radical (unpaired) electrons. The highest BCUT2D eigenvalue weighted by Crippen LogP contribution is 2.59. The summed E-state index contributed by atoms with van der Waals surface area (Å²) < 4.78 is 12.7. The number of hydrogen-bond donors (Lipinski definition) is 2. The summed E-state index contributed by atoms with van der Waals surface area (Å²) in [5.74, 6) is -3.28. The number of carbonyl (C=O) groups is 4. The zero-order valence-corrected chi connectivity index (χ0v) is 26.9. The second-order valence-electron chi connectivity index (χ2n) is 12.6. The van der Waals surface area contributed by atoms with Crippen LogP contribution in [0, 0.1) is 11.8 Å². The number of likely N-dealkylation sites (tertiary alicyclic amines) is 1. The lowest BCUT2D eigenvalue weighted by molar-refractivity contribution is -0.162. The number of unbranched alkanes of at least 4 members (excludes halogenated alkanes) is 2. The van der Waals surface area contributed by atoms with Gasteiger partial charge in [-0.25, -0.2) is 0 Å². The molecule has 3 amide bonds. The van der Waals surface area contributed by atoms with Crippen molar-refractivity contribution in [3.8, 4) is 0 Å². The fraction of sp³-hybridized carbons (Fsp3) is 0.600. The van der Waals surface area contributed by atoms with Gasteiger partial charge in [0.25, 0.3) is 0 Å². The smallest absolute Gasteiger partial charge is 0.313 e. The summed E-state index contributed by atoms with van der Waals surface area (Å²) in [6.07, 6.45) is 6.42. The zero-order valence-electron chi connectivity index (χ0n) is 26.9. The molecule has 1 aromatic rings. The van der Waals surface area contributed by atoms with Gasteiger partial charge in [0.15, 0.2) is 0 Å². The van der Waals surface area contributed by atoms with Crippen molar-refractivity contribution < 1.29 is 33.8 Å². The van der Waals surface area contributed by atoms with Gasteiger partial charge in [0.1, 0.15) is 17.7 Å². The lowest BCUT2D eigenvalue weighted by atomic mass is 9.70. The Bertz CT molecular complexity index is 1240. The number of aliphatic hydroxyl groups excluding tert-OH is 1. The minimum absolute atomic E-state index is 0.189. The highest BCUT2D eigenvalue weighted by atomic mass is 16.6. The first kappa shape index (κ1) is 34.4. The van der Waals surface area contributed by atoms with Crippen molar-refractivity contribution in [2.24, 2.45) is 11.8 Å². The summed E-state index contributed by atoms with van der Waals surface area (Å²) in [7, 11) is 0. The van der Waals surface area contributed by atoms with E-state index in [0.717, 1.165) is 19.3 Å². The number of nitrogens with zero attached hydrogens (tertiary/aromatic N) is 2. The maximum absolute atomic E-state index is 14.3. The number of rotatable bonds is 17. The molecule has 3 saturated heterocycles. The SMILES string of the molecule is C=CCCC(=O)N[C@H](C)[C@@H](OC(=O)[C@@H]1[C@H]2C(=O)N([C@H](C)CO)[C@H](C(=O)N(CC=C)CCCCC)[C@]23CC[C@H]1O3)c1ccccc1. The lowest BCUT2D eigenvalue weighted by Gasteiger charge is -2.38. The maximum atomic E-state index is 14.3. The van der Waals surface area contributed by atoms with Crippen LogP contribution in [0.4, 0.5) is 0 Å². The summed E-state index contributed by atoms with van der Waals surface area (Å²) in [5, 5.41) is 13.1. The van der Waals surface area contributed by atoms with Gasteiger partial charge in [-0.15, -0.1) is 13.2 Å². The van der Waals surface area contributed by atoms with Crippen molar-refractivity contribution in [1.82, 2.24) is 15.1 Å². The van der Waals surface area contributed by atoms with Crippen LogP contribution in [0.5, 0.6) is 0 Å². The number of amides is 3. The van der Waals surface area contributed by atoms with E-state index < -0.39 is 53.7 Å². The Morgan fingerprint density at radius 2 is 1.93 bits per heavy atom. The molecule has 246 valence electrons. The zero-order chi connectivity index (χ0) is 32.7. The van der Waals surface area contributed by atoms with Crippen molar-refractivity contribution in [3.05, 3.63) is 61.2 Å². The van der Waals surface area contributed by atoms with Gasteiger partial charge in [-0.2, -0.15) is 0 Å². The third kappa shape index (κ3) is 6.87. The van der Waals surface area contributed by atoms with Crippen LogP contribution in [-0.2, 0) is 28.7 Å². The summed E-state index contributed by atoms with van der Waals surface area (Å²) >= 11 is 0. The van der Waals surface area contributed by atoms with Crippen LogP contribution in [0.25, 0.3) is 0 Å². The van der Waals surface area contributed by atoms with Gasteiger partial charge in [0, 0.05) is 19.5 Å². The number of allylic oxidation sites excluding steroid dienone is 1. The number of carbonyl (C=O) groups excluding carboxylic acids is 4. The first-order chi connectivity index (χ1) is 21.6. The van der Waals surface area contributed by atoms with Gasteiger partial charge in [0.05, 0.1) is 36.6 Å². The van der Waals surface area contributed by atoms with Gasteiger partial charge >= 0.3 is 5.97 Å². The Kier molecular flexibility index (Phi) is 11.6. The topological polar surface area (TPSA) is 125 Å². The molecule has 0 aromatic heterocycles. The largest absolute Gasteiger partial charge is 0.455 e. The molecule has 1 aromatic carbocycles. The van der Waals surface area contributed by atoms with E-state index in [2.05, 4.69) is 25.4 Å². The van der Waals surface area contributed by atoms with Gasteiger partial charge in [0.2, 0.25) is 17.7 Å². The molecule has 45 heavy (non-hydrogen) atoms. The molecule has 4 rings (SSSR count). The molecule has 0 unspecified atom stereocenters. The molecule has 2 bridgehead atoms. The number of aliphatic hydroxyl groups is 1. The Labute approximate surface area is 266 Å². The molecule has 0 saturated carbocycles. The van der Waals surface area contributed by atoms with E-state index in [1.807, 2.05) is 30.3 Å². The molecule has 3 fully saturated rings. The van der Waals surface area contributed by atoms with E-state index in [-0.39, 0.29) is 30.7 Å². The van der Waals surface area contributed by atoms with E-state index in [4.69, 9.17) is 9.47 Å². The van der Waals surface area contributed by atoms with Crippen molar-refractivity contribution >= 4 is 23.7 Å². The summed E-state index contributed by atoms with van der Waals surface area (Å²) in [6.45, 7) is 13.6. The number of nitrogens with one attached hydrogen (secondary N) is 1. The van der Waals surface area contributed by atoms with Crippen LogP contribution in [0.1, 0.15) is 77.4 Å². The summed E-state index contributed by atoms with van der Waals surface area (Å²) in [5.41, 5.74) is -0.502. The molecule has 3 aliphatic heterocycles. The van der Waals surface area contributed by atoms with E-state index in [0.29, 0.717) is 37.9 Å². The van der Waals surface area contributed by atoms with Crippen molar-refractivity contribution in [2.45, 2.75) is 102 Å². The molecule has 10 heteroatoms. The van der Waals surface area contributed by atoms with E-state index in [1.165, 1.54) is 4.90 Å². The van der Waals surface area contributed by atoms with Crippen LogP contribution in [-0.4, -0.2) is 88.1 Å². The van der Waals surface area contributed by atoms with Crippen molar-refractivity contribution in [1.29, 1.82) is 0 Å². The first-order valence-corrected chi connectivity index (χ1v) is 16.3. The quantitative estimate of drug-likeness (QED) is 0.154. The highest BCUT2D eigenvalue weighted by Gasteiger charge is 2.75. The minimum Gasteiger partial charge on any atom is -0.455 e. The Morgan fingerprint density at radius 1 is 1.20 bits per heavy atom. The molecule has 2 N–H and O–H groups in total. The molecule has 1 spiro atoms. The van der Waals surface area contributed by atoms with Crippen LogP contribution >= 0.6 is 0 Å². The second-order valence-corrected chi connectivity index (χ2v) is 12.6. The van der Waals surface area contributed by atoms with Gasteiger partial charge in [-0.3, -0.25) is 19.2 Å². The highest BCUT2D eigenvalue weighted by molar-refractivity contribution is 5.98. The average molecular weight is 624 g/mol. The first-order valence-electron chi connectivity index (χ1n) is 16.3. The van der Waals surface area contributed by atoms with E-state index in [1.54, 1.807) is 30.9 Å². The number of esters is 1. The summed E-state index contributed by atoms with van der Waals surface area (Å²) in [6, 6.07) is 6.98. The average Bonchev–Trinajstić information content (AvgIpc) is 3.69. The van der Waals surface area contributed by atoms with E-state index >= 15 is 0 Å². The van der Waals surface area contributed by atoms with Crippen LogP contribution < -0.4 is 5.32 Å². The van der Waals surface area contributed by atoms with Gasteiger partial charge in [-0.05, 0) is 45.1 Å². The molecular weight excluding hydrogens is 574 g/mol. The molecule has 3 heterocycles. The molecule has 0 aliphatic carbocycles. The van der Waals surface area contributed by atoms with Crippen LogP contribution in [0.15, 0.2) is 55.6 Å². The molecular formula is C35H49N3O7. The normalized spacial score (nSPS) is 26.9. The summed E-state index contributed by atoms with van der Waals surface area (Å²) in [4.78, 5) is 58.4. The Hall–Kier alpha value is -3.50. The number of fused-ring (bicyclic) bond motifs is 1. The number of ether oxygens (including phenoxy) is 2. The predicted molar refractivity (Wildman–Crippen MR) is 170 cm³/mol. The molecule has 3 aliphatic rings. The standard InChI is InChI=1S/C35H49N3O7/c1-6-9-14-21-37(20-8-3)33(42)31-35-19-18-26(45-35)28(29(35)32(41)38(31)23(4)22-39)34(43)44-30(25-15-12-11-13-16-25)24(5)36-27(40)17-10-7-2/h7-8,11-13,15-16,23-24,26,28-31,39H,2-3,6,9-10,14,17-22H2,1,4-5H3,(H,36,40)/t23-,24-,26-,28+,29+,30-,31-,35+/m1/s1. The fourth-order valence-electron chi connectivity index (χ4n) is 7.31. The minimum atomic E-state index is -1.21. The monoisotopic (exact) mass is 623 g/mol. The van der Waals surface area contributed by atoms with E-state index in [9.17, 15) is 24.3 Å². The van der Waals surface area contributed by atoms with Crippen LogP contribution in [0.3, 0.4) is 0 Å². The van der Waals surface area contributed by atoms with Crippen LogP contribution in [0.2, 0.25) is 0 Å². The second kappa shape index (κ2) is 15.2. The lowest BCUT2D eigenvalue weighted by Crippen LogP contribution is -2.58. The van der Waals surface area contributed by atoms with Crippen molar-refractivity contribution in [2.75, 3.05) is 19.7 Å². The molecule has 8 atom stereocenters. The fourth-order valence-corrected chi connectivity index (χ4v) is 7.31. The van der Waals surface area contributed by atoms with Gasteiger partial charge in [-0.1, -0.05) is 62.2 Å². The number of hydrogen-bond acceptors (Lipinski definition) is 7. The number of benzene rings is 1. The van der Waals surface area contributed by atoms with Crippen molar-refractivity contribution in [3.63, 3.8) is 0 Å². The van der Waals surface area contributed by atoms with Gasteiger partial charge < -0.3 is 29.7 Å². The third-order valence-electron chi connectivity index (χ3n) is 9.47. The Balaban J connectivity index is 1.64.